The molecule has 0 unspecified atom stereocenters. The van der Waals surface area contributed by atoms with Crippen molar-refractivity contribution in [3.05, 3.63) is 16.4 Å². The van der Waals surface area contributed by atoms with Crippen LogP contribution in [0.2, 0.25) is 0 Å². The van der Waals surface area contributed by atoms with Crippen LogP contribution in [0.15, 0.2) is 10.7 Å². The van der Waals surface area contributed by atoms with Gasteiger partial charge < -0.3 is 5.73 Å². The Bertz CT molecular complexity index is 435. The number of hydrogen-bond acceptors (Lipinski definition) is 3. The Balaban J connectivity index is 2.15. The molecule has 1 aromatic rings. The third-order valence-electron chi connectivity index (χ3n) is 3.61. The number of ketones is 1. The van der Waals surface area contributed by atoms with E-state index in [0.29, 0.717) is 12.1 Å². The van der Waals surface area contributed by atoms with Crippen molar-refractivity contribution in [3.8, 4) is 0 Å². The van der Waals surface area contributed by atoms with Crippen LogP contribution in [0.1, 0.15) is 55.9 Å². The van der Waals surface area contributed by atoms with Gasteiger partial charge in [0.1, 0.15) is 5.69 Å². The number of aryl methyl sites for hydroxylation is 1. The number of nitrogens with zero attached hydrogens (tertiary/aromatic N) is 2. The molecule has 0 aromatic carbocycles. The molecule has 0 aliphatic heterocycles. The summed E-state index contributed by atoms with van der Waals surface area (Å²) in [5.41, 5.74) is 6.66. The Hall–Kier alpha value is -0.680. The van der Waals surface area contributed by atoms with Crippen molar-refractivity contribution in [3.63, 3.8) is 0 Å². The summed E-state index contributed by atoms with van der Waals surface area (Å²) >= 11 is 3.41. The zero-order valence-electron chi connectivity index (χ0n) is 10.8. The molecule has 1 aliphatic rings. The fourth-order valence-electron chi connectivity index (χ4n) is 2.68. The number of Topliss-reactive ketones (excluding diaryl/α,β-unsaturated/α-hetero) is 1. The first-order valence-electron chi connectivity index (χ1n) is 6.59. The van der Waals surface area contributed by atoms with E-state index in [4.69, 9.17) is 5.73 Å². The quantitative estimate of drug-likeness (QED) is 0.850. The normalized spacial score (nSPS) is 18.2. The van der Waals surface area contributed by atoms with Crippen LogP contribution in [0.25, 0.3) is 0 Å². The molecule has 5 heteroatoms. The molecule has 0 bridgehead atoms. The van der Waals surface area contributed by atoms with E-state index >= 15 is 0 Å². The van der Waals surface area contributed by atoms with Crippen LogP contribution in [-0.4, -0.2) is 21.1 Å². The molecule has 1 aliphatic carbocycles. The second kappa shape index (κ2) is 5.53. The zero-order valence-corrected chi connectivity index (χ0v) is 12.4. The lowest BCUT2D eigenvalue weighted by atomic mass is 9.91. The first-order valence-corrected chi connectivity index (χ1v) is 7.38. The van der Waals surface area contributed by atoms with Crippen LogP contribution < -0.4 is 5.73 Å². The van der Waals surface area contributed by atoms with Crippen molar-refractivity contribution < 1.29 is 4.79 Å². The molecule has 100 valence electrons. The number of carbonyl (C=O) groups is 1. The van der Waals surface area contributed by atoms with Crippen LogP contribution in [0.5, 0.6) is 0 Å². The number of aromatic nitrogens is 2. The first-order chi connectivity index (χ1) is 8.56. The van der Waals surface area contributed by atoms with Gasteiger partial charge in [0.25, 0.3) is 0 Å². The van der Waals surface area contributed by atoms with Gasteiger partial charge in [0.2, 0.25) is 0 Å². The molecule has 0 amide bonds. The van der Waals surface area contributed by atoms with Crippen LogP contribution in [0.3, 0.4) is 0 Å². The van der Waals surface area contributed by atoms with Crippen LogP contribution >= 0.6 is 15.9 Å². The standard InChI is InChI=1S/C13H20BrN3O/c1-2-7-17-12(10(14)9-16-17)11(18)8-13(15)5-3-4-6-13/h9H,2-8,15H2,1H3. The molecule has 2 N–H and O–H groups in total. The van der Waals surface area contributed by atoms with Crippen LogP contribution in [0, 0.1) is 0 Å². The second-order valence-electron chi connectivity index (χ2n) is 5.23. The molecule has 0 atom stereocenters. The molecular formula is C13H20BrN3O. The van der Waals surface area contributed by atoms with E-state index < -0.39 is 0 Å². The minimum atomic E-state index is -0.294. The molecule has 1 fully saturated rings. The summed E-state index contributed by atoms with van der Waals surface area (Å²) in [5, 5.41) is 4.23. The maximum Gasteiger partial charge on any atom is 0.183 e. The fourth-order valence-corrected chi connectivity index (χ4v) is 3.20. The molecule has 0 radical (unpaired) electrons. The third kappa shape index (κ3) is 2.83. The van der Waals surface area contributed by atoms with Crippen molar-refractivity contribution in [2.75, 3.05) is 0 Å². The predicted octanol–water partition coefficient (Wildman–Crippen LogP) is 2.90. The van der Waals surface area contributed by atoms with Gasteiger partial charge in [-0.25, -0.2) is 0 Å². The van der Waals surface area contributed by atoms with Gasteiger partial charge in [-0.3, -0.25) is 9.48 Å². The highest BCUT2D eigenvalue weighted by Crippen LogP contribution is 2.32. The summed E-state index contributed by atoms with van der Waals surface area (Å²) in [7, 11) is 0. The Kier molecular flexibility index (Phi) is 4.22. The molecule has 2 rings (SSSR count). The van der Waals surface area contributed by atoms with Crippen molar-refractivity contribution >= 4 is 21.7 Å². The van der Waals surface area contributed by atoms with Crippen molar-refractivity contribution in [2.24, 2.45) is 5.73 Å². The van der Waals surface area contributed by atoms with Crippen LogP contribution in [0.4, 0.5) is 0 Å². The molecule has 4 nitrogen and oxygen atoms in total. The Morgan fingerprint density at radius 3 is 2.83 bits per heavy atom. The minimum Gasteiger partial charge on any atom is -0.325 e. The largest absolute Gasteiger partial charge is 0.325 e. The summed E-state index contributed by atoms with van der Waals surface area (Å²) in [6, 6.07) is 0. The average Bonchev–Trinajstić information content (AvgIpc) is 2.86. The highest BCUT2D eigenvalue weighted by Gasteiger charge is 2.33. The van der Waals surface area contributed by atoms with Gasteiger partial charge in [-0.15, -0.1) is 0 Å². The van der Waals surface area contributed by atoms with E-state index in [1.54, 1.807) is 10.9 Å². The van der Waals surface area contributed by atoms with Gasteiger partial charge in [0.05, 0.1) is 10.7 Å². The smallest absolute Gasteiger partial charge is 0.183 e. The molecule has 18 heavy (non-hydrogen) atoms. The fraction of sp³-hybridized carbons (Fsp3) is 0.692. The summed E-state index contributed by atoms with van der Waals surface area (Å²) in [4.78, 5) is 12.4. The van der Waals surface area contributed by atoms with Crippen molar-refractivity contribution in [1.29, 1.82) is 0 Å². The van der Waals surface area contributed by atoms with Gasteiger partial charge in [0, 0.05) is 18.5 Å². The SMILES string of the molecule is CCCn1ncc(Br)c1C(=O)CC1(N)CCCC1. The summed E-state index contributed by atoms with van der Waals surface area (Å²) in [6.45, 7) is 2.84. The molecule has 1 saturated carbocycles. The maximum absolute atomic E-state index is 12.4. The van der Waals surface area contributed by atoms with Gasteiger partial charge in [-0.2, -0.15) is 5.10 Å². The van der Waals surface area contributed by atoms with Crippen molar-refractivity contribution in [1.82, 2.24) is 9.78 Å². The van der Waals surface area contributed by atoms with Crippen molar-refractivity contribution in [2.45, 2.75) is 57.5 Å². The van der Waals surface area contributed by atoms with Gasteiger partial charge in [-0.1, -0.05) is 19.8 Å². The van der Waals surface area contributed by atoms with E-state index in [1.807, 2.05) is 0 Å². The summed E-state index contributed by atoms with van der Waals surface area (Å²) in [6.07, 6.45) is 7.28. The molecule has 1 heterocycles. The predicted molar refractivity (Wildman–Crippen MR) is 74.6 cm³/mol. The summed E-state index contributed by atoms with van der Waals surface area (Å²) in [5.74, 6) is 0.109. The van der Waals surface area contributed by atoms with E-state index in [0.717, 1.165) is 43.1 Å². The topological polar surface area (TPSA) is 60.9 Å². The average molecular weight is 314 g/mol. The van der Waals surface area contributed by atoms with E-state index in [1.165, 1.54) is 0 Å². The van der Waals surface area contributed by atoms with E-state index in [-0.39, 0.29) is 11.3 Å². The lowest BCUT2D eigenvalue weighted by molar-refractivity contribution is 0.0940. The van der Waals surface area contributed by atoms with E-state index in [2.05, 4.69) is 28.0 Å². The molecular weight excluding hydrogens is 294 g/mol. The second-order valence-corrected chi connectivity index (χ2v) is 6.09. The highest BCUT2D eigenvalue weighted by atomic mass is 79.9. The monoisotopic (exact) mass is 313 g/mol. The minimum absolute atomic E-state index is 0.109. The van der Waals surface area contributed by atoms with Crippen LogP contribution in [-0.2, 0) is 6.54 Å². The molecule has 1 aromatic heterocycles. The lowest BCUT2D eigenvalue weighted by Crippen LogP contribution is -2.39. The third-order valence-corrected chi connectivity index (χ3v) is 4.19. The maximum atomic E-state index is 12.4. The Morgan fingerprint density at radius 1 is 1.56 bits per heavy atom. The summed E-state index contributed by atoms with van der Waals surface area (Å²) < 4.78 is 2.56. The first kappa shape index (κ1) is 13.7. The van der Waals surface area contributed by atoms with Gasteiger partial charge in [0.15, 0.2) is 5.78 Å². The lowest BCUT2D eigenvalue weighted by Gasteiger charge is -2.22. The Morgan fingerprint density at radius 2 is 2.22 bits per heavy atom. The zero-order chi connectivity index (χ0) is 13.2. The molecule has 0 spiro atoms. The number of rotatable bonds is 5. The number of nitrogens with two attached hydrogens (primary N) is 1. The highest BCUT2D eigenvalue weighted by molar-refractivity contribution is 9.10. The van der Waals surface area contributed by atoms with E-state index in [9.17, 15) is 4.79 Å². The van der Waals surface area contributed by atoms with Gasteiger partial charge in [-0.05, 0) is 35.2 Å². The van der Waals surface area contributed by atoms with Gasteiger partial charge >= 0.3 is 0 Å². The number of hydrogen-bond donors (Lipinski definition) is 1. The number of carbonyl (C=O) groups excluding carboxylic acids is 1. The molecule has 0 saturated heterocycles. The number of halogens is 1. The Labute approximate surface area is 116 Å².